The van der Waals surface area contributed by atoms with Gasteiger partial charge in [-0.15, -0.1) is 0 Å². The number of hydrogen-bond acceptors (Lipinski definition) is 5. The van der Waals surface area contributed by atoms with E-state index in [0.717, 1.165) is 7.11 Å². The zero-order valence-electron chi connectivity index (χ0n) is 15.3. The smallest absolute Gasteiger partial charge is 0.418 e. The third-order valence-corrected chi connectivity index (χ3v) is 5.46. The number of methoxy groups -OCH3 is 1. The summed E-state index contributed by atoms with van der Waals surface area (Å²) in [5.41, 5.74) is -2.99. The molecule has 0 radical (unpaired) electrons. The number of halogens is 3. The molecule has 0 spiro atoms. The molecule has 1 aromatic carbocycles. The maximum Gasteiger partial charge on any atom is 0.418 e. The Kier molecular flexibility index (Phi) is 8.23. The van der Waals surface area contributed by atoms with Crippen LogP contribution in [0.2, 0.25) is 0 Å². The Labute approximate surface area is 156 Å². The van der Waals surface area contributed by atoms with E-state index in [1.807, 2.05) is 0 Å². The molecular formula is C17H23F3NO5P. The molecule has 0 aliphatic carbocycles. The molecular weight excluding hydrogens is 386 g/mol. The van der Waals surface area contributed by atoms with Gasteiger partial charge in [0.2, 0.25) is 5.54 Å². The molecule has 152 valence electrons. The Morgan fingerprint density at radius 3 is 2.07 bits per heavy atom. The molecule has 0 aromatic heterocycles. The summed E-state index contributed by atoms with van der Waals surface area (Å²) in [6.07, 6.45) is -6.13. The monoisotopic (exact) mass is 409 g/mol. The number of esters is 1. The van der Waals surface area contributed by atoms with Gasteiger partial charge in [0.1, 0.15) is 0 Å². The summed E-state index contributed by atoms with van der Waals surface area (Å²) in [7, 11) is -3.66. The van der Waals surface area contributed by atoms with E-state index in [9.17, 15) is 22.5 Å². The van der Waals surface area contributed by atoms with Crippen molar-refractivity contribution in [3.8, 4) is 0 Å². The number of carbonyl (C=O) groups excluding carboxylic acids is 1. The lowest BCUT2D eigenvalue weighted by Gasteiger charge is -2.36. The van der Waals surface area contributed by atoms with E-state index in [4.69, 9.17) is 9.05 Å². The zero-order chi connectivity index (χ0) is 20.7. The van der Waals surface area contributed by atoms with Crippen molar-refractivity contribution in [3.05, 3.63) is 42.5 Å². The summed E-state index contributed by atoms with van der Waals surface area (Å²) in [6, 6.07) is 8.01. The van der Waals surface area contributed by atoms with Crippen molar-refractivity contribution in [1.29, 1.82) is 0 Å². The number of hydrogen-bond donors (Lipinski definition) is 1. The Balaban J connectivity index is 3.44. The normalized spacial score (nSPS) is 14.4. The molecule has 1 atom stereocenters. The molecule has 0 heterocycles. The minimum atomic E-state index is -5.18. The van der Waals surface area contributed by atoms with E-state index in [1.165, 1.54) is 13.8 Å². The lowest BCUT2D eigenvalue weighted by molar-refractivity contribution is -0.207. The van der Waals surface area contributed by atoms with Gasteiger partial charge in [-0.2, -0.15) is 18.3 Å². The van der Waals surface area contributed by atoms with Crippen molar-refractivity contribution in [1.82, 2.24) is 5.09 Å². The average molecular weight is 409 g/mol. The van der Waals surface area contributed by atoms with Crippen molar-refractivity contribution >= 4 is 19.3 Å². The molecule has 0 saturated heterocycles. The topological polar surface area (TPSA) is 73.9 Å². The summed E-state index contributed by atoms with van der Waals surface area (Å²) >= 11 is 0. The first kappa shape index (κ1) is 23.4. The maximum atomic E-state index is 14.1. The van der Waals surface area contributed by atoms with Crippen molar-refractivity contribution in [2.45, 2.75) is 32.0 Å². The first-order valence-corrected chi connectivity index (χ1v) is 9.66. The quantitative estimate of drug-likeness (QED) is 0.458. The van der Waals surface area contributed by atoms with Crippen LogP contribution in [0.5, 0.6) is 0 Å². The fraction of sp³-hybridized carbons (Fsp3) is 0.471. The van der Waals surface area contributed by atoms with Gasteiger partial charge in [0.25, 0.3) is 0 Å². The van der Waals surface area contributed by atoms with Crippen LogP contribution in [0.15, 0.2) is 36.9 Å². The van der Waals surface area contributed by atoms with Crippen molar-refractivity contribution < 1.29 is 36.3 Å². The van der Waals surface area contributed by atoms with Gasteiger partial charge in [0.05, 0.1) is 20.3 Å². The van der Waals surface area contributed by atoms with E-state index < -0.39 is 31.9 Å². The number of rotatable bonds is 10. The summed E-state index contributed by atoms with van der Waals surface area (Å²) in [5.74, 6) is -1.67. The van der Waals surface area contributed by atoms with Crippen LogP contribution in [-0.2, 0) is 23.1 Å². The van der Waals surface area contributed by atoms with Gasteiger partial charge < -0.3 is 4.74 Å². The number of alkyl halides is 3. The zero-order valence-corrected chi connectivity index (χ0v) is 16.2. The number of ether oxygens (including phenoxy) is 1. The Morgan fingerprint density at radius 1 is 1.15 bits per heavy atom. The highest BCUT2D eigenvalue weighted by Gasteiger charge is 2.64. The third kappa shape index (κ3) is 5.65. The van der Waals surface area contributed by atoms with Crippen LogP contribution in [0.1, 0.15) is 25.8 Å². The summed E-state index contributed by atoms with van der Waals surface area (Å²) in [4.78, 5) is 12.3. The average Bonchev–Trinajstić information content (AvgIpc) is 2.60. The first-order valence-electron chi connectivity index (χ1n) is 8.12. The molecule has 0 fully saturated rings. The van der Waals surface area contributed by atoms with Crippen LogP contribution in [0.4, 0.5) is 13.2 Å². The fourth-order valence-corrected chi connectivity index (χ4v) is 4.03. The van der Waals surface area contributed by atoms with Gasteiger partial charge in [0, 0.05) is 6.42 Å². The molecule has 27 heavy (non-hydrogen) atoms. The minimum Gasteiger partial charge on any atom is -0.467 e. The third-order valence-electron chi connectivity index (χ3n) is 3.60. The lowest BCUT2D eigenvalue weighted by atomic mass is 9.88. The van der Waals surface area contributed by atoms with Crippen LogP contribution in [-0.4, -0.2) is 38.0 Å². The molecule has 0 aliphatic heterocycles. The van der Waals surface area contributed by atoms with Gasteiger partial charge in [-0.05, 0) is 25.0 Å². The molecule has 0 bridgehead atoms. The molecule has 0 amide bonds. The largest absolute Gasteiger partial charge is 0.467 e. The molecule has 0 saturated carbocycles. The fourth-order valence-electron chi connectivity index (χ4n) is 2.38. The molecule has 6 nitrogen and oxygen atoms in total. The Morgan fingerprint density at radius 2 is 1.67 bits per heavy atom. The predicted octanol–water partition coefficient (Wildman–Crippen LogP) is 4.33. The number of benzene rings is 1. The number of nitrogens with one attached hydrogen (secondary N) is 1. The predicted molar refractivity (Wildman–Crippen MR) is 94.9 cm³/mol. The SMILES string of the molecule is C=C(C[C@](NP(=O)(OCC)OCC)(C(=O)OC)C(F)(F)F)c1ccccc1. The van der Waals surface area contributed by atoms with Crippen LogP contribution >= 0.6 is 7.75 Å². The standard InChI is InChI=1S/C17H23F3NO5P/c1-5-25-27(23,26-6-2)21-16(15(22)24-4,17(18,19)20)12-13(3)14-10-8-7-9-11-14/h7-11H,3,5-6,12H2,1-2,4H3,(H,21,23)/t16-/m0/s1. The lowest BCUT2D eigenvalue weighted by Crippen LogP contribution is -2.62. The first-order chi connectivity index (χ1) is 12.5. The van der Waals surface area contributed by atoms with E-state index in [2.05, 4.69) is 11.3 Å². The van der Waals surface area contributed by atoms with Gasteiger partial charge in [-0.25, -0.2) is 9.36 Å². The van der Waals surface area contributed by atoms with Crippen LogP contribution in [0.3, 0.4) is 0 Å². The van der Waals surface area contributed by atoms with Crippen molar-refractivity contribution in [3.63, 3.8) is 0 Å². The second kappa shape index (κ2) is 9.50. The highest BCUT2D eigenvalue weighted by atomic mass is 31.2. The van der Waals surface area contributed by atoms with E-state index in [1.54, 1.807) is 35.4 Å². The summed E-state index contributed by atoms with van der Waals surface area (Å²) in [5, 5.41) is 1.79. The van der Waals surface area contributed by atoms with Crippen LogP contribution in [0.25, 0.3) is 5.57 Å². The Bertz CT molecular complexity index is 686. The van der Waals surface area contributed by atoms with Gasteiger partial charge >= 0.3 is 19.9 Å². The van der Waals surface area contributed by atoms with Crippen LogP contribution < -0.4 is 5.09 Å². The molecule has 0 unspecified atom stereocenters. The highest BCUT2D eigenvalue weighted by molar-refractivity contribution is 7.51. The maximum absolute atomic E-state index is 14.1. The molecule has 10 heteroatoms. The number of carbonyl (C=O) groups is 1. The molecule has 0 aliphatic rings. The van der Waals surface area contributed by atoms with Crippen LogP contribution in [0, 0.1) is 0 Å². The second-order valence-corrected chi connectivity index (χ2v) is 7.22. The minimum absolute atomic E-state index is 0.00891. The summed E-state index contributed by atoms with van der Waals surface area (Å²) in [6.45, 7) is 6.12. The van der Waals surface area contributed by atoms with Gasteiger partial charge in [0.15, 0.2) is 0 Å². The molecule has 1 rings (SSSR count). The summed E-state index contributed by atoms with van der Waals surface area (Å²) < 4.78 is 69.1. The highest BCUT2D eigenvalue weighted by Crippen LogP contribution is 2.51. The van der Waals surface area contributed by atoms with Gasteiger partial charge in [-0.3, -0.25) is 9.05 Å². The Hall–Kier alpha value is -1.67. The molecule has 1 N–H and O–H groups in total. The molecule has 1 aromatic rings. The van der Waals surface area contributed by atoms with E-state index in [-0.39, 0.29) is 18.8 Å². The second-order valence-electron chi connectivity index (χ2n) is 5.49. The van der Waals surface area contributed by atoms with Gasteiger partial charge in [-0.1, -0.05) is 36.9 Å². The van der Waals surface area contributed by atoms with E-state index in [0.29, 0.717) is 5.56 Å². The van der Waals surface area contributed by atoms with E-state index >= 15 is 0 Å². The van der Waals surface area contributed by atoms with Crippen molar-refractivity contribution in [2.24, 2.45) is 0 Å². The van der Waals surface area contributed by atoms with Crippen molar-refractivity contribution in [2.75, 3.05) is 20.3 Å².